The van der Waals surface area contributed by atoms with Crippen LogP contribution in [0, 0.1) is 0 Å². The van der Waals surface area contributed by atoms with Gasteiger partial charge in [0.2, 0.25) is 5.91 Å². The van der Waals surface area contributed by atoms with E-state index in [-0.39, 0.29) is 12.5 Å². The Labute approximate surface area is 306 Å². The molecule has 0 aromatic heterocycles. The number of carbonyl (C=O) groups excluding carboxylic acids is 1. The first-order chi connectivity index (χ1) is 24.2. The van der Waals surface area contributed by atoms with Gasteiger partial charge in [0.1, 0.15) is 0 Å². The van der Waals surface area contributed by atoms with E-state index in [0.29, 0.717) is 6.42 Å². The van der Waals surface area contributed by atoms with E-state index in [0.717, 1.165) is 38.5 Å². The fourth-order valence-corrected chi connectivity index (χ4v) is 6.50. The van der Waals surface area contributed by atoms with Gasteiger partial charge in [0, 0.05) is 6.42 Å². The van der Waals surface area contributed by atoms with Crippen LogP contribution < -0.4 is 5.32 Å². The molecule has 49 heavy (non-hydrogen) atoms. The molecule has 4 heteroatoms. The largest absolute Gasteiger partial charge is 0.394 e. The highest BCUT2D eigenvalue weighted by atomic mass is 16.3. The minimum absolute atomic E-state index is 0.0763. The Hall–Kier alpha value is -1.39. The van der Waals surface area contributed by atoms with E-state index >= 15 is 0 Å². The van der Waals surface area contributed by atoms with E-state index in [2.05, 4.69) is 43.5 Å². The predicted octanol–water partition coefficient (Wildman–Crippen LogP) is 13.4. The third kappa shape index (κ3) is 37.7. The second kappa shape index (κ2) is 41.0. The zero-order valence-electron chi connectivity index (χ0n) is 33.0. The molecule has 2 atom stereocenters. The molecule has 0 aromatic rings. The van der Waals surface area contributed by atoms with Crippen molar-refractivity contribution in [3.05, 3.63) is 36.5 Å². The maximum atomic E-state index is 12.4. The van der Waals surface area contributed by atoms with Crippen molar-refractivity contribution in [3.8, 4) is 0 Å². The van der Waals surface area contributed by atoms with Crippen molar-refractivity contribution in [1.82, 2.24) is 5.32 Å². The van der Waals surface area contributed by atoms with Crippen LogP contribution >= 0.6 is 0 Å². The van der Waals surface area contributed by atoms with Gasteiger partial charge < -0.3 is 15.5 Å². The monoisotopic (exact) mass is 688 g/mol. The molecular weight excluding hydrogens is 602 g/mol. The van der Waals surface area contributed by atoms with Crippen LogP contribution in [0.15, 0.2) is 36.5 Å². The van der Waals surface area contributed by atoms with Crippen molar-refractivity contribution >= 4 is 5.91 Å². The third-order valence-corrected chi connectivity index (χ3v) is 9.85. The van der Waals surface area contributed by atoms with Crippen LogP contribution in [-0.2, 0) is 4.79 Å². The number of unbranched alkanes of at least 4 members (excludes halogenated alkanes) is 28. The molecule has 0 saturated heterocycles. The Morgan fingerprint density at radius 2 is 0.796 bits per heavy atom. The first kappa shape index (κ1) is 47.6. The van der Waals surface area contributed by atoms with Crippen LogP contribution in [0.5, 0.6) is 0 Å². The number of carbonyl (C=O) groups is 1. The molecule has 288 valence electrons. The predicted molar refractivity (Wildman–Crippen MR) is 216 cm³/mol. The fraction of sp³-hybridized carbons (Fsp3) is 0.844. The van der Waals surface area contributed by atoms with Crippen LogP contribution in [0.1, 0.15) is 226 Å². The normalized spacial score (nSPS) is 13.3. The van der Waals surface area contributed by atoms with Gasteiger partial charge in [-0.3, -0.25) is 4.79 Å². The first-order valence-corrected chi connectivity index (χ1v) is 21.7. The highest BCUT2D eigenvalue weighted by Crippen LogP contribution is 2.15. The van der Waals surface area contributed by atoms with Gasteiger partial charge in [-0.05, 0) is 44.9 Å². The number of aliphatic hydroxyl groups is 2. The van der Waals surface area contributed by atoms with Crippen LogP contribution in [-0.4, -0.2) is 34.9 Å². The van der Waals surface area contributed by atoms with Crippen molar-refractivity contribution in [2.45, 2.75) is 238 Å². The molecule has 0 heterocycles. The first-order valence-electron chi connectivity index (χ1n) is 21.7. The molecule has 0 aromatic carbocycles. The molecule has 0 saturated carbocycles. The summed E-state index contributed by atoms with van der Waals surface area (Å²) in [7, 11) is 0. The number of nitrogens with one attached hydrogen (secondary N) is 1. The van der Waals surface area contributed by atoms with E-state index in [1.807, 2.05) is 6.08 Å². The molecule has 2 unspecified atom stereocenters. The van der Waals surface area contributed by atoms with E-state index < -0.39 is 12.1 Å². The van der Waals surface area contributed by atoms with Crippen molar-refractivity contribution in [2.75, 3.05) is 6.61 Å². The van der Waals surface area contributed by atoms with Crippen LogP contribution in [0.4, 0.5) is 0 Å². The van der Waals surface area contributed by atoms with Gasteiger partial charge in [0.25, 0.3) is 0 Å². The summed E-state index contributed by atoms with van der Waals surface area (Å²) in [6.45, 7) is 4.30. The fourth-order valence-electron chi connectivity index (χ4n) is 6.50. The van der Waals surface area contributed by atoms with Crippen LogP contribution in [0.3, 0.4) is 0 Å². The second-order valence-corrected chi connectivity index (χ2v) is 14.8. The number of aliphatic hydroxyl groups excluding tert-OH is 2. The molecular formula is C45H85NO3. The summed E-state index contributed by atoms with van der Waals surface area (Å²) < 4.78 is 0. The SMILES string of the molecule is CCCCCCCCCCCCC/C=C/CC/C=C/CC/C=C/C(O)C(CO)NC(=O)CCCCCCCCCCCCCCCCCC. The topological polar surface area (TPSA) is 69.6 Å². The number of hydrogen-bond acceptors (Lipinski definition) is 3. The lowest BCUT2D eigenvalue weighted by Gasteiger charge is -2.19. The number of hydrogen-bond donors (Lipinski definition) is 3. The van der Waals surface area contributed by atoms with Gasteiger partial charge in [0.05, 0.1) is 18.8 Å². The molecule has 0 spiro atoms. The smallest absolute Gasteiger partial charge is 0.220 e. The summed E-state index contributed by atoms with van der Waals surface area (Å²) in [6.07, 6.45) is 53.9. The maximum Gasteiger partial charge on any atom is 0.220 e. The van der Waals surface area contributed by atoms with E-state index in [9.17, 15) is 15.0 Å². The minimum atomic E-state index is -0.866. The Balaban J connectivity index is 3.63. The van der Waals surface area contributed by atoms with Gasteiger partial charge >= 0.3 is 0 Å². The molecule has 0 aliphatic carbocycles. The lowest BCUT2D eigenvalue weighted by molar-refractivity contribution is -0.123. The minimum Gasteiger partial charge on any atom is -0.394 e. The summed E-state index contributed by atoms with van der Waals surface area (Å²) in [4.78, 5) is 12.4. The Morgan fingerprint density at radius 3 is 1.18 bits per heavy atom. The van der Waals surface area contributed by atoms with Gasteiger partial charge in [-0.2, -0.15) is 0 Å². The highest BCUT2D eigenvalue weighted by molar-refractivity contribution is 5.76. The summed E-state index contributed by atoms with van der Waals surface area (Å²) in [6, 6.07) is -0.641. The van der Waals surface area contributed by atoms with Gasteiger partial charge in [-0.1, -0.05) is 211 Å². The zero-order chi connectivity index (χ0) is 35.7. The average Bonchev–Trinajstić information content (AvgIpc) is 3.10. The van der Waals surface area contributed by atoms with Crippen molar-refractivity contribution in [2.24, 2.45) is 0 Å². The molecule has 0 rings (SSSR count). The van der Waals surface area contributed by atoms with Crippen molar-refractivity contribution in [3.63, 3.8) is 0 Å². The van der Waals surface area contributed by atoms with E-state index in [4.69, 9.17) is 0 Å². The standard InChI is InChI=1S/C45H85NO3/c1-3-5-7-9-11-13-15-17-19-21-22-23-24-25-26-28-30-32-34-36-38-40-44(48)43(42-47)46-45(49)41-39-37-35-33-31-29-27-20-18-16-14-12-10-8-6-4-2/h24-25,30,32,38,40,43-44,47-48H,3-23,26-29,31,33-37,39,41-42H2,1-2H3,(H,46,49)/b25-24+,32-30+,40-38+. The van der Waals surface area contributed by atoms with Gasteiger partial charge in [0.15, 0.2) is 0 Å². The number of amides is 1. The molecule has 1 amide bonds. The maximum absolute atomic E-state index is 12.4. The summed E-state index contributed by atoms with van der Waals surface area (Å²) in [5.74, 6) is -0.0763. The third-order valence-electron chi connectivity index (χ3n) is 9.85. The average molecular weight is 688 g/mol. The van der Waals surface area contributed by atoms with Crippen LogP contribution in [0.25, 0.3) is 0 Å². The van der Waals surface area contributed by atoms with Crippen molar-refractivity contribution in [1.29, 1.82) is 0 Å². The number of rotatable bonds is 39. The molecule has 0 radical (unpaired) electrons. The molecule has 0 fully saturated rings. The lowest BCUT2D eigenvalue weighted by Crippen LogP contribution is -2.45. The Bertz CT molecular complexity index is 746. The Morgan fingerprint density at radius 1 is 0.469 bits per heavy atom. The zero-order valence-corrected chi connectivity index (χ0v) is 33.0. The molecule has 0 aliphatic heterocycles. The summed E-state index contributed by atoms with van der Waals surface area (Å²) in [5.41, 5.74) is 0. The van der Waals surface area contributed by atoms with Crippen LogP contribution in [0.2, 0.25) is 0 Å². The molecule has 4 nitrogen and oxygen atoms in total. The van der Waals surface area contributed by atoms with Gasteiger partial charge in [-0.25, -0.2) is 0 Å². The Kier molecular flexibility index (Phi) is 39.9. The summed E-state index contributed by atoms with van der Waals surface area (Å²) in [5, 5.41) is 23.0. The molecule has 0 bridgehead atoms. The molecule has 3 N–H and O–H groups in total. The molecule has 0 aliphatic rings. The van der Waals surface area contributed by atoms with E-state index in [1.54, 1.807) is 6.08 Å². The quantitative estimate of drug-likeness (QED) is 0.0445. The highest BCUT2D eigenvalue weighted by Gasteiger charge is 2.17. The summed E-state index contributed by atoms with van der Waals surface area (Å²) >= 11 is 0. The van der Waals surface area contributed by atoms with E-state index in [1.165, 1.54) is 167 Å². The lowest BCUT2D eigenvalue weighted by atomic mass is 10.0. The van der Waals surface area contributed by atoms with Crippen molar-refractivity contribution < 1.29 is 15.0 Å². The second-order valence-electron chi connectivity index (χ2n) is 14.8. The number of allylic oxidation sites excluding steroid dienone is 5. The van der Waals surface area contributed by atoms with Gasteiger partial charge in [-0.15, -0.1) is 0 Å².